The molecule has 0 spiro atoms. The van der Waals surface area contributed by atoms with E-state index in [1.807, 2.05) is 6.07 Å². The monoisotopic (exact) mass is 418 g/mol. The van der Waals surface area contributed by atoms with Crippen LogP contribution in [-0.4, -0.2) is 27.8 Å². The minimum Gasteiger partial charge on any atom is -0.489 e. The third-order valence-corrected chi connectivity index (χ3v) is 5.07. The minimum absolute atomic E-state index is 0.227. The number of aliphatic hydroxyl groups is 1. The minimum atomic E-state index is -0.874. The van der Waals surface area contributed by atoms with E-state index < -0.39 is 12.2 Å². The second-order valence-electron chi connectivity index (χ2n) is 7.23. The molecule has 0 aliphatic carbocycles. The second-order valence-corrected chi connectivity index (χ2v) is 7.23. The van der Waals surface area contributed by atoms with Crippen LogP contribution in [0.5, 0.6) is 17.2 Å². The first-order valence-electron chi connectivity index (χ1n) is 9.85. The van der Waals surface area contributed by atoms with Gasteiger partial charge >= 0.3 is 0 Å². The van der Waals surface area contributed by atoms with Gasteiger partial charge in [-0.3, -0.25) is 4.98 Å². The molecule has 4 aromatic rings. The summed E-state index contributed by atoms with van der Waals surface area (Å²) in [6.45, 7) is 0.462. The quantitative estimate of drug-likeness (QED) is 0.523. The van der Waals surface area contributed by atoms with E-state index in [-0.39, 0.29) is 19.0 Å². The lowest BCUT2D eigenvalue weighted by Crippen LogP contribution is -2.35. The van der Waals surface area contributed by atoms with Gasteiger partial charge in [0.2, 0.25) is 0 Å². The number of hydrogen-bond donors (Lipinski definition) is 1. The molecule has 2 aromatic heterocycles. The highest BCUT2D eigenvalue weighted by molar-refractivity contribution is 5.78. The lowest BCUT2D eigenvalue weighted by Gasteiger charge is -2.30. The molecule has 5 rings (SSSR count). The molecule has 0 fully saturated rings. The molecule has 0 amide bonds. The fourth-order valence-corrected chi connectivity index (χ4v) is 3.51. The van der Waals surface area contributed by atoms with E-state index in [9.17, 15) is 9.50 Å². The Morgan fingerprint density at radius 2 is 2.00 bits per heavy atom. The highest BCUT2D eigenvalue weighted by Crippen LogP contribution is 2.36. The Labute approximate surface area is 177 Å². The van der Waals surface area contributed by atoms with Crippen molar-refractivity contribution in [2.75, 3.05) is 6.61 Å². The first-order chi connectivity index (χ1) is 15.2. The standard InChI is InChI=1S/C24H19FN2O4/c25-16-4-7-21-15(10-16)3-5-17(27-21)13-29-18-6-8-22-20(11-18)24(28)23(14-30-22)31-19-2-1-9-26-12-19/h1-12,23-24,28H,13-14H2/t23-,24+/m0/s1. The molecule has 1 aliphatic rings. The smallest absolute Gasteiger partial charge is 0.163 e. The van der Waals surface area contributed by atoms with Crippen molar-refractivity contribution in [1.82, 2.24) is 9.97 Å². The maximum absolute atomic E-state index is 13.3. The zero-order valence-electron chi connectivity index (χ0n) is 16.4. The Kier molecular flexibility index (Phi) is 5.09. The van der Waals surface area contributed by atoms with E-state index in [1.165, 1.54) is 12.1 Å². The second kappa shape index (κ2) is 8.20. The highest BCUT2D eigenvalue weighted by Gasteiger charge is 2.31. The first kappa shape index (κ1) is 19.3. The van der Waals surface area contributed by atoms with Crippen LogP contribution < -0.4 is 14.2 Å². The molecule has 1 N–H and O–H groups in total. The normalized spacial score (nSPS) is 17.6. The van der Waals surface area contributed by atoms with Crippen molar-refractivity contribution >= 4 is 10.9 Å². The van der Waals surface area contributed by atoms with Crippen LogP contribution in [0.3, 0.4) is 0 Å². The number of ether oxygens (including phenoxy) is 3. The van der Waals surface area contributed by atoms with Crippen molar-refractivity contribution in [3.8, 4) is 17.2 Å². The van der Waals surface area contributed by atoms with Gasteiger partial charge in [-0.05, 0) is 54.6 Å². The molecule has 0 unspecified atom stereocenters. The van der Waals surface area contributed by atoms with Crippen LogP contribution in [0.2, 0.25) is 0 Å². The molecule has 0 saturated carbocycles. The molecule has 3 heterocycles. The van der Waals surface area contributed by atoms with Gasteiger partial charge in [-0.25, -0.2) is 9.37 Å². The predicted octanol–water partition coefficient (Wildman–Crippen LogP) is 4.22. The number of halogens is 1. The molecule has 2 aromatic carbocycles. The summed E-state index contributed by atoms with van der Waals surface area (Å²) in [4.78, 5) is 8.52. The summed E-state index contributed by atoms with van der Waals surface area (Å²) in [7, 11) is 0. The summed E-state index contributed by atoms with van der Waals surface area (Å²) in [5, 5.41) is 11.5. The molecular weight excluding hydrogens is 399 g/mol. The third-order valence-electron chi connectivity index (χ3n) is 5.07. The van der Waals surface area contributed by atoms with Crippen LogP contribution in [0, 0.1) is 5.82 Å². The number of pyridine rings is 2. The van der Waals surface area contributed by atoms with Gasteiger partial charge in [0.05, 0.1) is 17.4 Å². The molecule has 31 heavy (non-hydrogen) atoms. The highest BCUT2D eigenvalue weighted by atomic mass is 19.1. The van der Waals surface area contributed by atoms with Crippen molar-refractivity contribution < 1.29 is 23.7 Å². The zero-order chi connectivity index (χ0) is 21.2. The summed E-state index contributed by atoms with van der Waals surface area (Å²) in [5.74, 6) is 1.44. The maximum Gasteiger partial charge on any atom is 0.163 e. The van der Waals surface area contributed by atoms with Gasteiger partial charge in [-0.15, -0.1) is 0 Å². The summed E-state index contributed by atoms with van der Waals surface area (Å²) in [6, 6.07) is 16.9. The van der Waals surface area contributed by atoms with Crippen molar-refractivity contribution in [2.24, 2.45) is 0 Å². The van der Waals surface area contributed by atoms with Gasteiger partial charge in [0, 0.05) is 17.1 Å². The molecule has 0 saturated heterocycles. The Balaban J connectivity index is 1.30. The Morgan fingerprint density at radius 1 is 1.06 bits per heavy atom. The summed E-state index contributed by atoms with van der Waals surface area (Å²) >= 11 is 0. The van der Waals surface area contributed by atoms with E-state index in [0.29, 0.717) is 34.0 Å². The SMILES string of the molecule is O[C@@H]1c2cc(OCc3ccc4cc(F)ccc4n3)ccc2OC[C@@H]1Oc1cccnc1. The fourth-order valence-electron chi connectivity index (χ4n) is 3.51. The molecule has 1 aliphatic heterocycles. The average Bonchev–Trinajstić information content (AvgIpc) is 2.80. The van der Waals surface area contributed by atoms with E-state index in [0.717, 1.165) is 5.39 Å². The maximum atomic E-state index is 13.3. The van der Waals surface area contributed by atoms with Crippen molar-refractivity contribution in [3.63, 3.8) is 0 Å². The van der Waals surface area contributed by atoms with Gasteiger partial charge in [0.15, 0.2) is 6.10 Å². The zero-order valence-corrected chi connectivity index (χ0v) is 16.4. The summed E-state index contributed by atoms with van der Waals surface area (Å²) < 4.78 is 30.8. The van der Waals surface area contributed by atoms with Gasteiger partial charge in [0.1, 0.15) is 42.4 Å². The third kappa shape index (κ3) is 4.13. The van der Waals surface area contributed by atoms with Gasteiger partial charge in [0.25, 0.3) is 0 Å². The van der Waals surface area contributed by atoms with Crippen LogP contribution in [0.4, 0.5) is 4.39 Å². The summed E-state index contributed by atoms with van der Waals surface area (Å²) in [6.07, 6.45) is 1.81. The topological polar surface area (TPSA) is 73.7 Å². The van der Waals surface area contributed by atoms with Crippen molar-refractivity contribution in [1.29, 1.82) is 0 Å². The number of benzene rings is 2. The number of fused-ring (bicyclic) bond motifs is 2. The van der Waals surface area contributed by atoms with Gasteiger partial charge in [-0.1, -0.05) is 6.07 Å². The van der Waals surface area contributed by atoms with E-state index in [4.69, 9.17) is 14.2 Å². The van der Waals surface area contributed by atoms with Crippen LogP contribution in [0.25, 0.3) is 10.9 Å². The molecule has 7 heteroatoms. The Hall–Kier alpha value is -3.71. The number of aromatic nitrogens is 2. The van der Waals surface area contributed by atoms with E-state index in [2.05, 4.69) is 9.97 Å². The van der Waals surface area contributed by atoms with Crippen LogP contribution in [0.15, 0.2) is 73.1 Å². The van der Waals surface area contributed by atoms with E-state index in [1.54, 1.807) is 54.9 Å². The number of rotatable bonds is 5. The largest absolute Gasteiger partial charge is 0.489 e. The van der Waals surface area contributed by atoms with Crippen LogP contribution in [0.1, 0.15) is 17.4 Å². The van der Waals surface area contributed by atoms with Gasteiger partial charge < -0.3 is 19.3 Å². The first-order valence-corrected chi connectivity index (χ1v) is 9.85. The average molecular weight is 418 g/mol. The number of hydrogen-bond acceptors (Lipinski definition) is 6. The molecule has 6 nitrogen and oxygen atoms in total. The molecule has 156 valence electrons. The number of aliphatic hydroxyl groups excluding tert-OH is 1. The molecule has 0 radical (unpaired) electrons. The van der Waals surface area contributed by atoms with Crippen LogP contribution >= 0.6 is 0 Å². The predicted molar refractivity (Wildman–Crippen MR) is 112 cm³/mol. The number of nitrogens with zero attached hydrogens (tertiary/aromatic N) is 2. The van der Waals surface area contributed by atoms with Crippen molar-refractivity contribution in [3.05, 3.63) is 90.1 Å². The molecule has 0 bridgehead atoms. The van der Waals surface area contributed by atoms with Crippen molar-refractivity contribution in [2.45, 2.75) is 18.8 Å². The van der Waals surface area contributed by atoms with Gasteiger partial charge in [-0.2, -0.15) is 0 Å². The van der Waals surface area contributed by atoms with Crippen LogP contribution in [-0.2, 0) is 6.61 Å². The lowest BCUT2D eigenvalue weighted by atomic mass is 10.0. The summed E-state index contributed by atoms with van der Waals surface area (Å²) in [5.41, 5.74) is 2.01. The Bertz CT molecular complexity index is 1220. The van der Waals surface area contributed by atoms with E-state index >= 15 is 0 Å². The molecule has 2 atom stereocenters. The Morgan fingerprint density at radius 3 is 2.87 bits per heavy atom. The fraction of sp³-hybridized carbons (Fsp3) is 0.167. The lowest BCUT2D eigenvalue weighted by molar-refractivity contribution is -0.0106. The molecular formula is C24H19FN2O4.